The highest BCUT2D eigenvalue weighted by Gasteiger charge is 2.23. The van der Waals surface area contributed by atoms with Crippen LogP contribution in [0.15, 0.2) is 18.6 Å². The van der Waals surface area contributed by atoms with Crippen molar-refractivity contribution >= 4 is 29.0 Å². The summed E-state index contributed by atoms with van der Waals surface area (Å²) in [6.07, 6.45) is 5.53. The molecule has 0 radical (unpaired) electrons. The van der Waals surface area contributed by atoms with E-state index in [2.05, 4.69) is 27.2 Å². The molecule has 3 heterocycles. The van der Waals surface area contributed by atoms with Crippen molar-refractivity contribution < 1.29 is 0 Å². The molecule has 96 valence electrons. The van der Waals surface area contributed by atoms with Crippen LogP contribution in [-0.2, 0) is 0 Å². The fourth-order valence-electron chi connectivity index (χ4n) is 2.22. The molecule has 0 aromatic carbocycles. The topological polar surface area (TPSA) is 71.5 Å². The maximum atomic E-state index is 5.47. The van der Waals surface area contributed by atoms with E-state index in [1.54, 1.807) is 6.20 Å². The van der Waals surface area contributed by atoms with Gasteiger partial charge in [0.25, 0.3) is 0 Å². The van der Waals surface area contributed by atoms with Gasteiger partial charge in [0.2, 0.25) is 0 Å². The van der Waals surface area contributed by atoms with E-state index in [0.717, 1.165) is 29.5 Å². The highest BCUT2D eigenvalue weighted by molar-refractivity contribution is 7.99. The van der Waals surface area contributed by atoms with Gasteiger partial charge >= 0.3 is 0 Å². The Morgan fingerprint density at radius 3 is 3.22 bits per heavy atom. The van der Waals surface area contributed by atoms with Gasteiger partial charge in [0.15, 0.2) is 17.3 Å². The van der Waals surface area contributed by atoms with E-state index >= 15 is 0 Å². The third-order valence-corrected chi connectivity index (χ3v) is 4.33. The molecule has 0 aliphatic carbocycles. The van der Waals surface area contributed by atoms with Crippen molar-refractivity contribution in [3.8, 4) is 0 Å². The largest absolute Gasteiger partial charge is 0.349 e. The van der Waals surface area contributed by atoms with Gasteiger partial charge in [-0.25, -0.2) is 15.8 Å². The standard InChI is InChI=1S/C11H16N6S/c1-8-7-18-5-4-17(8)11-10-13-2-3-16(10)6-9(14-11)15-12/h2-3,6,8,15H,4-5,7,12H2,1H3. The molecule has 7 heteroatoms. The summed E-state index contributed by atoms with van der Waals surface area (Å²) in [5.41, 5.74) is 3.49. The second kappa shape index (κ2) is 4.66. The quantitative estimate of drug-likeness (QED) is 0.622. The van der Waals surface area contributed by atoms with Crippen LogP contribution in [0.5, 0.6) is 0 Å². The number of anilines is 2. The molecule has 3 rings (SSSR count). The lowest BCUT2D eigenvalue weighted by atomic mass is 10.3. The van der Waals surface area contributed by atoms with E-state index in [0.29, 0.717) is 11.9 Å². The van der Waals surface area contributed by atoms with Crippen molar-refractivity contribution in [2.45, 2.75) is 13.0 Å². The Morgan fingerprint density at radius 2 is 2.44 bits per heavy atom. The number of thioether (sulfide) groups is 1. The molecule has 1 aliphatic heterocycles. The van der Waals surface area contributed by atoms with Crippen LogP contribution in [0, 0.1) is 0 Å². The molecule has 0 saturated carbocycles. The number of rotatable bonds is 2. The van der Waals surface area contributed by atoms with Gasteiger partial charge < -0.3 is 14.7 Å². The molecule has 0 amide bonds. The van der Waals surface area contributed by atoms with Gasteiger partial charge in [-0.2, -0.15) is 11.8 Å². The number of hydrazine groups is 1. The van der Waals surface area contributed by atoms with Crippen LogP contribution in [0.1, 0.15) is 6.92 Å². The first kappa shape index (κ1) is 11.6. The van der Waals surface area contributed by atoms with Crippen LogP contribution >= 0.6 is 11.8 Å². The number of nitrogens with two attached hydrogens (primary N) is 1. The molecule has 0 spiro atoms. The third-order valence-electron chi connectivity index (χ3n) is 3.14. The van der Waals surface area contributed by atoms with Gasteiger partial charge in [-0.05, 0) is 6.92 Å². The first-order valence-corrected chi connectivity index (χ1v) is 7.10. The first-order chi connectivity index (χ1) is 8.79. The Hall–Kier alpha value is -1.47. The molecule has 1 aliphatic rings. The normalized spacial score (nSPS) is 20.3. The summed E-state index contributed by atoms with van der Waals surface area (Å²) in [6.45, 7) is 3.21. The summed E-state index contributed by atoms with van der Waals surface area (Å²) in [6, 6.07) is 0.463. The Labute approximate surface area is 110 Å². The van der Waals surface area contributed by atoms with E-state index < -0.39 is 0 Å². The molecule has 2 aromatic heterocycles. The summed E-state index contributed by atoms with van der Waals surface area (Å²) >= 11 is 1.98. The van der Waals surface area contributed by atoms with Crippen LogP contribution in [0.2, 0.25) is 0 Å². The summed E-state index contributed by atoms with van der Waals surface area (Å²) in [7, 11) is 0. The number of hydrogen-bond acceptors (Lipinski definition) is 6. The molecule has 6 nitrogen and oxygen atoms in total. The van der Waals surface area contributed by atoms with Crippen LogP contribution in [0.25, 0.3) is 5.65 Å². The lowest BCUT2D eigenvalue weighted by Gasteiger charge is -2.34. The van der Waals surface area contributed by atoms with Crippen molar-refractivity contribution in [3.05, 3.63) is 18.6 Å². The number of nitrogens with one attached hydrogen (secondary N) is 1. The molecule has 1 fully saturated rings. The summed E-state index contributed by atoms with van der Waals surface area (Å²) < 4.78 is 1.95. The van der Waals surface area contributed by atoms with Gasteiger partial charge in [-0.15, -0.1) is 0 Å². The van der Waals surface area contributed by atoms with E-state index in [1.807, 2.05) is 28.6 Å². The zero-order valence-electron chi connectivity index (χ0n) is 10.2. The number of nitrogen functional groups attached to an aromatic ring is 1. The van der Waals surface area contributed by atoms with Crippen molar-refractivity contribution in [2.24, 2.45) is 5.84 Å². The monoisotopic (exact) mass is 264 g/mol. The van der Waals surface area contributed by atoms with Crippen molar-refractivity contribution in [1.29, 1.82) is 0 Å². The lowest BCUT2D eigenvalue weighted by molar-refractivity contribution is 0.690. The van der Waals surface area contributed by atoms with Gasteiger partial charge in [0.05, 0.1) is 6.20 Å². The first-order valence-electron chi connectivity index (χ1n) is 5.94. The van der Waals surface area contributed by atoms with Gasteiger partial charge in [-0.3, -0.25) is 0 Å². The van der Waals surface area contributed by atoms with Crippen LogP contribution in [0.4, 0.5) is 11.6 Å². The highest BCUT2D eigenvalue weighted by atomic mass is 32.2. The summed E-state index contributed by atoms with van der Waals surface area (Å²) in [5.74, 6) is 9.28. The van der Waals surface area contributed by atoms with E-state index in [9.17, 15) is 0 Å². The molecule has 3 N–H and O–H groups in total. The Bertz CT molecular complexity index is 553. The van der Waals surface area contributed by atoms with Gasteiger partial charge in [0.1, 0.15) is 0 Å². The molecule has 1 saturated heterocycles. The minimum Gasteiger partial charge on any atom is -0.349 e. The van der Waals surface area contributed by atoms with Crippen molar-refractivity contribution in [1.82, 2.24) is 14.4 Å². The Balaban J connectivity index is 2.10. The Kier molecular flexibility index (Phi) is 3.00. The minimum atomic E-state index is 0.463. The molecule has 0 bridgehead atoms. The fraction of sp³-hybridized carbons (Fsp3) is 0.455. The smallest absolute Gasteiger partial charge is 0.180 e. The molecular weight excluding hydrogens is 248 g/mol. The average Bonchev–Trinajstić information content (AvgIpc) is 2.86. The molecular formula is C11H16N6S. The van der Waals surface area contributed by atoms with E-state index in [4.69, 9.17) is 5.84 Å². The SMILES string of the molecule is CC1CSCCN1c1nc(NN)cn2ccnc12. The molecule has 1 unspecified atom stereocenters. The minimum absolute atomic E-state index is 0.463. The zero-order valence-corrected chi connectivity index (χ0v) is 11.0. The zero-order chi connectivity index (χ0) is 12.5. The lowest BCUT2D eigenvalue weighted by Crippen LogP contribution is -2.41. The maximum Gasteiger partial charge on any atom is 0.180 e. The number of nitrogens with zero attached hydrogens (tertiary/aromatic N) is 4. The molecule has 18 heavy (non-hydrogen) atoms. The summed E-state index contributed by atoms with van der Waals surface area (Å²) in [4.78, 5) is 11.3. The number of imidazole rings is 1. The van der Waals surface area contributed by atoms with E-state index in [1.165, 1.54) is 0 Å². The number of fused-ring (bicyclic) bond motifs is 1. The van der Waals surface area contributed by atoms with Crippen LogP contribution in [-0.4, -0.2) is 38.5 Å². The predicted molar refractivity (Wildman–Crippen MR) is 74.9 cm³/mol. The summed E-state index contributed by atoms with van der Waals surface area (Å²) in [5, 5.41) is 0. The third kappa shape index (κ3) is 1.89. The van der Waals surface area contributed by atoms with Crippen LogP contribution in [0.3, 0.4) is 0 Å². The maximum absolute atomic E-state index is 5.47. The van der Waals surface area contributed by atoms with Crippen LogP contribution < -0.4 is 16.2 Å². The van der Waals surface area contributed by atoms with Gasteiger partial charge in [0, 0.05) is 36.5 Å². The number of aromatic nitrogens is 3. The highest BCUT2D eigenvalue weighted by Crippen LogP contribution is 2.26. The Morgan fingerprint density at radius 1 is 1.56 bits per heavy atom. The van der Waals surface area contributed by atoms with E-state index in [-0.39, 0.29) is 0 Å². The molecule has 1 atom stereocenters. The predicted octanol–water partition coefficient (Wildman–Crippen LogP) is 0.957. The average molecular weight is 264 g/mol. The van der Waals surface area contributed by atoms with Gasteiger partial charge in [-0.1, -0.05) is 0 Å². The molecule has 2 aromatic rings. The van der Waals surface area contributed by atoms with Crippen molar-refractivity contribution in [2.75, 3.05) is 28.4 Å². The fourth-order valence-corrected chi connectivity index (χ4v) is 3.23. The second-order valence-electron chi connectivity index (χ2n) is 4.37. The van der Waals surface area contributed by atoms with Crippen molar-refractivity contribution in [3.63, 3.8) is 0 Å². The second-order valence-corrected chi connectivity index (χ2v) is 5.52. The number of hydrogen-bond donors (Lipinski definition) is 2.